The van der Waals surface area contributed by atoms with Crippen LogP contribution in [0.25, 0.3) is 0 Å². The van der Waals surface area contributed by atoms with Crippen LogP contribution in [0.1, 0.15) is 32.6 Å². The maximum Gasteiger partial charge on any atom is 0.391 e. The summed E-state index contributed by atoms with van der Waals surface area (Å²) in [5.74, 6) is -2.61. The van der Waals surface area contributed by atoms with Crippen molar-refractivity contribution in [2.75, 3.05) is 13.1 Å². The number of carbonyl (C=O) groups is 3. The molecule has 9 heteroatoms. The SMILES string of the molecule is CC(=O)NCC(=O)NCC(=O)NC1CCC(C(F)(F)F)CC1. The monoisotopic (exact) mass is 323 g/mol. The van der Waals surface area contributed by atoms with E-state index < -0.39 is 23.9 Å². The summed E-state index contributed by atoms with van der Waals surface area (Å²) in [6.45, 7) is 0.772. The van der Waals surface area contributed by atoms with Crippen molar-refractivity contribution in [2.45, 2.75) is 44.8 Å². The summed E-state index contributed by atoms with van der Waals surface area (Å²) in [4.78, 5) is 33.5. The molecule has 0 bridgehead atoms. The van der Waals surface area contributed by atoms with Crippen LogP contribution in [0.5, 0.6) is 0 Å². The molecular formula is C13H20F3N3O3. The van der Waals surface area contributed by atoms with E-state index in [0.29, 0.717) is 0 Å². The second kappa shape index (κ2) is 8.00. The number of hydrogen-bond acceptors (Lipinski definition) is 3. The number of nitrogens with one attached hydrogen (secondary N) is 3. The minimum absolute atomic E-state index is 0.00331. The van der Waals surface area contributed by atoms with E-state index in [9.17, 15) is 27.6 Å². The number of halogens is 3. The van der Waals surface area contributed by atoms with Crippen LogP contribution in [-0.4, -0.2) is 43.0 Å². The molecule has 0 radical (unpaired) electrons. The standard InChI is InChI=1S/C13H20F3N3O3/c1-8(20)17-6-11(21)18-7-12(22)19-10-4-2-9(3-5-10)13(14,15)16/h9-10H,2-7H2,1H3,(H,17,20)(H,18,21)(H,19,22). The Morgan fingerprint density at radius 2 is 1.50 bits per heavy atom. The van der Waals surface area contributed by atoms with E-state index in [-0.39, 0.29) is 50.7 Å². The lowest BCUT2D eigenvalue weighted by molar-refractivity contribution is -0.182. The molecule has 0 spiro atoms. The maximum atomic E-state index is 12.5. The van der Waals surface area contributed by atoms with Gasteiger partial charge in [0.1, 0.15) is 0 Å². The fourth-order valence-electron chi connectivity index (χ4n) is 2.29. The van der Waals surface area contributed by atoms with Crippen molar-refractivity contribution < 1.29 is 27.6 Å². The van der Waals surface area contributed by atoms with Crippen LogP contribution >= 0.6 is 0 Å². The number of carbonyl (C=O) groups excluding carboxylic acids is 3. The minimum Gasteiger partial charge on any atom is -0.352 e. The minimum atomic E-state index is -4.17. The maximum absolute atomic E-state index is 12.5. The van der Waals surface area contributed by atoms with Gasteiger partial charge in [0, 0.05) is 13.0 Å². The van der Waals surface area contributed by atoms with E-state index in [1.165, 1.54) is 6.92 Å². The Bertz CT molecular complexity index is 418. The first kappa shape index (κ1) is 18.2. The molecule has 0 atom stereocenters. The second-order valence-corrected chi connectivity index (χ2v) is 5.34. The summed E-state index contributed by atoms with van der Waals surface area (Å²) in [6.07, 6.45) is -3.62. The number of rotatable bonds is 5. The topological polar surface area (TPSA) is 87.3 Å². The predicted molar refractivity (Wildman–Crippen MR) is 71.6 cm³/mol. The number of alkyl halides is 3. The zero-order valence-electron chi connectivity index (χ0n) is 12.3. The Labute approximate surface area is 126 Å². The van der Waals surface area contributed by atoms with E-state index in [4.69, 9.17) is 0 Å². The summed E-state index contributed by atoms with van der Waals surface area (Å²) in [5, 5.41) is 7.20. The van der Waals surface area contributed by atoms with Crippen molar-refractivity contribution in [3.8, 4) is 0 Å². The molecule has 1 fully saturated rings. The average molecular weight is 323 g/mol. The van der Waals surface area contributed by atoms with E-state index in [0.717, 1.165) is 0 Å². The van der Waals surface area contributed by atoms with Gasteiger partial charge >= 0.3 is 6.18 Å². The van der Waals surface area contributed by atoms with Gasteiger partial charge in [0.25, 0.3) is 0 Å². The van der Waals surface area contributed by atoms with Gasteiger partial charge in [-0.2, -0.15) is 13.2 Å². The molecule has 1 aliphatic rings. The van der Waals surface area contributed by atoms with E-state index in [2.05, 4.69) is 16.0 Å². The fourth-order valence-corrected chi connectivity index (χ4v) is 2.29. The molecule has 0 unspecified atom stereocenters. The molecule has 0 aromatic heterocycles. The summed E-state index contributed by atoms with van der Waals surface area (Å²) in [5.41, 5.74) is 0. The van der Waals surface area contributed by atoms with Crippen LogP contribution in [0.2, 0.25) is 0 Å². The van der Waals surface area contributed by atoms with Gasteiger partial charge in [-0.15, -0.1) is 0 Å². The third kappa shape index (κ3) is 6.77. The van der Waals surface area contributed by atoms with Crippen molar-refractivity contribution in [1.29, 1.82) is 0 Å². The van der Waals surface area contributed by atoms with Gasteiger partial charge < -0.3 is 16.0 Å². The molecule has 0 heterocycles. The van der Waals surface area contributed by atoms with Gasteiger partial charge in [-0.25, -0.2) is 0 Å². The van der Waals surface area contributed by atoms with Crippen LogP contribution < -0.4 is 16.0 Å². The normalized spacial score (nSPS) is 21.8. The summed E-state index contributed by atoms with van der Waals surface area (Å²) < 4.78 is 37.5. The van der Waals surface area contributed by atoms with Crippen molar-refractivity contribution >= 4 is 17.7 Å². The van der Waals surface area contributed by atoms with Crippen LogP contribution in [0.4, 0.5) is 13.2 Å². The van der Waals surface area contributed by atoms with Gasteiger partial charge in [0.2, 0.25) is 17.7 Å². The Kier molecular flexibility index (Phi) is 6.63. The summed E-state index contributed by atoms with van der Waals surface area (Å²) in [6, 6.07) is -0.293. The summed E-state index contributed by atoms with van der Waals surface area (Å²) >= 11 is 0. The van der Waals surface area contributed by atoms with E-state index in [1.807, 2.05) is 0 Å². The smallest absolute Gasteiger partial charge is 0.352 e. The van der Waals surface area contributed by atoms with Crippen molar-refractivity contribution in [3.05, 3.63) is 0 Å². The van der Waals surface area contributed by atoms with Crippen LogP contribution in [0.3, 0.4) is 0 Å². The average Bonchev–Trinajstić information content (AvgIpc) is 2.42. The van der Waals surface area contributed by atoms with Gasteiger partial charge in [-0.3, -0.25) is 14.4 Å². The lowest BCUT2D eigenvalue weighted by Gasteiger charge is -2.30. The largest absolute Gasteiger partial charge is 0.391 e. The van der Waals surface area contributed by atoms with Crippen molar-refractivity contribution in [3.63, 3.8) is 0 Å². The molecule has 1 rings (SSSR count). The number of amides is 3. The lowest BCUT2D eigenvalue weighted by Crippen LogP contribution is -2.45. The van der Waals surface area contributed by atoms with Gasteiger partial charge in [-0.05, 0) is 25.7 Å². The Balaban J connectivity index is 2.21. The van der Waals surface area contributed by atoms with E-state index in [1.54, 1.807) is 0 Å². The molecule has 22 heavy (non-hydrogen) atoms. The third-order valence-corrected chi connectivity index (χ3v) is 3.50. The zero-order valence-corrected chi connectivity index (χ0v) is 12.3. The Hall–Kier alpha value is -1.80. The molecule has 0 aliphatic heterocycles. The zero-order chi connectivity index (χ0) is 16.8. The van der Waals surface area contributed by atoms with Crippen LogP contribution in [0.15, 0.2) is 0 Å². The molecule has 6 nitrogen and oxygen atoms in total. The van der Waals surface area contributed by atoms with E-state index >= 15 is 0 Å². The second-order valence-electron chi connectivity index (χ2n) is 5.34. The molecule has 1 aliphatic carbocycles. The molecule has 1 saturated carbocycles. The molecule has 0 aromatic rings. The highest BCUT2D eigenvalue weighted by Gasteiger charge is 2.41. The van der Waals surface area contributed by atoms with Gasteiger partial charge in [0.05, 0.1) is 19.0 Å². The van der Waals surface area contributed by atoms with Gasteiger partial charge in [0.15, 0.2) is 0 Å². The van der Waals surface area contributed by atoms with Crippen LogP contribution in [-0.2, 0) is 14.4 Å². The molecule has 3 amide bonds. The Morgan fingerprint density at radius 3 is 2.00 bits per heavy atom. The highest BCUT2D eigenvalue weighted by atomic mass is 19.4. The van der Waals surface area contributed by atoms with Crippen molar-refractivity contribution in [2.24, 2.45) is 5.92 Å². The first-order valence-electron chi connectivity index (χ1n) is 7.05. The molecule has 126 valence electrons. The van der Waals surface area contributed by atoms with Crippen molar-refractivity contribution in [1.82, 2.24) is 16.0 Å². The first-order chi connectivity index (χ1) is 10.2. The third-order valence-electron chi connectivity index (χ3n) is 3.50. The number of hydrogen-bond donors (Lipinski definition) is 3. The molecule has 0 saturated heterocycles. The highest BCUT2D eigenvalue weighted by molar-refractivity contribution is 5.87. The molecule has 3 N–H and O–H groups in total. The fraction of sp³-hybridized carbons (Fsp3) is 0.769. The molecule has 0 aromatic carbocycles. The predicted octanol–water partition coefficient (Wildman–Crippen LogP) is 0.476. The summed E-state index contributed by atoms with van der Waals surface area (Å²) in [7, 11) is 0. The first-order valence-corrected chi connectivity index (χ1v) is 7.05. The Morgan fingerprint density at radius 1 is 0.955 bits per heavy atom. The highest BCUT2D eigenvalue weighted by Crippen LogP contribution is 2.37. The lowest BCUT2D eigenvalue weighted by atomic mass is 9.85. The quantitative estimate of drug-likeness (QED) is 0.687. The van der Waals surface area contributed by atoms with Gasteiger partial charge in [-0.1, -0.05) is 0 Å². The van der Waals surface area contributed by atoms with Crippen LogP contribution in [0, 0.1) is 5.92 Å². The molecular weight excluding hydrogens is 303 g/mol.